The third-order valence-corrected chi connectivity index (χ3v) is 2.65. The number of pyridine rings is 1. The van der Waals surface area contributed by atoms with Crippen LogP contribution in [0.25, 0.3) is 0 Å². The number of hydrogen-bond donors (Lipinski definition) is 1. The lowest BCUT2D eigenvalue weighted by atomic mass is 10.1. The minimum atomic E-state index is -0.752. The summed E-state index contributed by atoms with van der Waals surface area (Å²) in [5, 5.41) is 10.0. The molecule has 4 heteroatoms. The lowest BCUT2D eigenvalue weighted by Gasteiger charge is -2.10. The van der Waals surface area contributed by atoms with E-state index in [-0.39, 0.29) is 0 Å². The van der Waals surface area contributed by atoms with Crippen LogP contribution in [0.1, 0.15) is 17.4 Å². The van der Waals surface area contributed by atoms with Crippen LogP contribution in [0.4, 0.5) is 4.39 Å². The minimum absolute atomic E-state index is 0.410. The first-order valence-electron chi connectivity index (χ1n) is 5.61. The molecule has 0 spiro atoms. The van der Waals surface area contributed by atoms with Crippen molar-refractivity contribution in [3.8, 4) is 5.75 Å². The van der Waals surface area contributed by atoms with Gasteiger partial charge in [0, 0.05) is 6.42 Å². The van der Waals surface area contributed by atoms with Crippen LogP contribution in [0, 0.1) is 5.82 Å². The molecule has 3 nitrogen and oxygen atoms in total. The van der Waals surface area contributed by atoms with Crippen molar-refractivity contribution < 1.29 is 14.2 Å². The maximum Gasteiger partial charge on any atom is 0.141 e. The molecule has 0 aliphatic rings. The number of benzene rings is 1. The normalized spacial score (nSPS) is 12.2. The topological polar surface area (TPSA) is 42.4 Å². The van der Waals surface area contributed by atoms with Gasteiger partial charge >= 0.3 is 0 Å². The van der Waals surface area contributed by atoms with Crippen molar-refractivity contribution in [2.75, 3.05) is 7.11 Å². The summed E-state index contributed by atoms with van der Waals surface area (Å²) >= 11 is 0. The minimum Gasteiger partial charge on any atom is -0.497 e. The first-order chi connectivity index (χ1) is 8.69. The van der Waals surface area contributed by atoms with E-state index in [0.717, 1.165) is 17.5 Å². The molecule has 0 radical (unpaired) electrons. The molecule has 1 heterocycles. The molecule has 0 fully saturated rings. The molecule has 1 aromatic heterocycles. The molecule has 1 atom stereocenters. The van der Waals surface area contributed by atoms with E-state index in [4.69, 9.17) is 4.74 Å². The summed E-state index contributed by atoms with van der Waals surface area (Å²) in [7, 11) is 1.59. The monoisotopic (exact) mass is 247 g/mol. The number of hydrogen-bond acceptors (Lipinski definition) is 3. The van der Waals surface area contributed by atoms with Gasteiger partial charge in [0.05, 0.1) is 25.1 Å². The molecule has 0 amide bonds. The van der Waals surface area contributed by atoms with Crippen LogP contribution in [-0.4, -0.2) is 17.2 Å². The van der Waals surface area contributed by atoms with E-state index in [1.54, 1.807) is 7.11 Å². The van der Waals surface area contributed by atoms with Crippen LogP contribution >= 0.6 is 0 Å². The molecule has 0 saturated carbocycles. The average Bonchev–Trinajstić information content (AvgIpc) is 2.39. The van der Waals surface area contributed by atoms with Gasteiger partial charge in [0.2, 0.25) is 0 Å². The van der Waals surface area contributed by atoms with E-state index in [1.807, 2.05) is 24.3 Å². The fourth-order valence-corrected chi connectivity index (χ4v) is 1.71. The highest BCUT2D eigenvalue weighted by Crippen LogP contribution is 2.19. The van der Waals surface area contributed by atoms with Gasteiger partial charge in [-0.2, -0.15) is 0 Å². The van der Waals surface area contributed by atoms with Gasteiger partial charge in [0.15, 0.2) is 0 Å². The molecule has 2 aromatic rings. The molecule has 2 rings (SSSR count). The molecule has 0 aliphatic carbocycles. The number of halogens is 1. The zero-order chi connectivity index (χ0) is 13.0. The highest BCUT2D eigenvalue weighted by molar-refractivity contribution is 5.29. The van der Waals surface area contributed by atoms with E-state index in [1.165, 1.54) is 12.1 Å². The summed E-state index contributed by atoms with van der Waals surface area (Å²) in [4.78, 5) is 3.86. The fraction of sp³-hybridized carbons (Fsp3) is 0.214. The summed E-state index contributed by atoms with van der Waals surface area (Å²) in [6.45, 7) is 0. The van der Waals surface area contributed by atoms with Crippen LogP contribution in [-0.2, 0) is 6.42 Å². The first-order valence-corrected chi connectivity index (χ1v) is 5.61. The molecule has 0 bridgehead atoms. The zero-order valence-electron chi connectivity index (χ0n) is 10.0. The lowest BCUT2D eigenvalue weighted by molar-refractivity contribution is 0.173. The maximum absolute atomic E-state index is 12.7. The van der Waals surface area contributed by atoms with Crippen LogP contribution in [0.3, 0.4) is 0 Å². The van der Waals surface area contributed by atoms with Gasteiger partial charge in [0.25, 0.3) is 0 Å². The Kier molecular flexibility index (Phi) is 3.89. The van der Waals surface area contributed by atoms with E-state index in [2.05, 4.69) is 4.98 Å². The molecule has 1 N–H and O–H groups in total. The van der Waals surface area contributed by atoms with Crippen LogP contribution in [0.2, 0.25) is 0 Å². The first kappa shape index (κ1) is 12.5. The Morgan fingerprint density at radius 2 is 2.17 bits per heavy atom. The summed E-state index contributed by atoms with van der Waals surface area (Å²) in [6.07, 6.45) is 0.762. The highest BCUT2D eigenvalue weighted by Gasteiger charge is 2.10. The number of aliphatic hydroxyl groups is 1. The third kappa shape index (κ3) is 3.05. The van der Waals surface area contributed by atoms with E-state index in [0.29, 0.717) is 12.1 Å². The van der Waals surface area contributed by atoms with Crippen LogP contribution in [0.5, 0.6) is 5.75 Å². The van der Waals surface area contributed by atoms with Crippen molar-refractivity contribution >= 4 is 0 Å². The van der Waals surface area contributed by atoms with E-state index in [9.17, 15) is 9.50 Å². The van der Waals surface area contributed by atoms with Crippen molar-refractivity contribution in [1.82, 2.24) is 4.98 Å². The Bertz CT molecular complexity index is 513. The smallest absolute Gasteiger partial charge is 0.141 e. The van der Waals surface area contributed by atoms with Gasteiger partial charge in [-0.05, 0) is 29.8 Å². The van der Waals surface area contributed by atoms with Crippen molar-refractivity contribution in [3.63, 3.8) is 0 Å². The summed E-state index contributed by atoms with van der Waals surface area (Å²) in [6, 6.07) is 10.2. The Morgan fingerprint density at radius 1 is 1.33 bits per heavy atom. The summed E-state index contributed by atoms with van der Waals surface area (Å²) < 4.78 is 17.8. The molecule has 18 heavy (non-hydrogen) atoms. The number of nitrogens with zero attached hydrogens (tertiary/aromatic N) is 1. The standard InChI is InChI=1S/C14H14FNO2/c1-18-12-4-2-3-10(7-12)8-14(17)13-6-5-11(15)9-16-13/h2-7,9,14,17H,8H2,1H3. The molecular formula is C14H14FNO2. The number of methoxy groups -OCH3 is 1. The fourth-order valence-electron chi connectivity index (χ4n) is 1.71. The Balaban J connectivity index is 2.10. The Hall–Kier alpha value is -1.94. The number of rotatable bonds is 4. The van der Waals surface area contributed by atoms with Crippen molar-refractivity contribution in [2.24, 2.45) is 0 Å². The predicted molar refractivity (Wildman–Crippen MR) is 65.9 cm³/mol. The molecule has 0 saturated heterocycles. The van der Waals surface area contributed by atoms with E-state index < -0.39 is 11.9 Å². The molecule has 1 aromatic carbocycles. The number of ether oxygens (including phenoxy) is 1. The third-order valence-electron chi connectivity index (χ3n) is 2.65. The van der Waals surface area contributed by atoms with Gasteiger partial charge in [-0.15, -0.1) is 0 Å². The zero-order valence-corrected chi connectivity index (χ0v) is 10.0. The largest absolute Gasteiger partial charge is 0.497 e. The Morgan fingerprint density at radius 3 is 2.83 bits per heavy atom. The quantitative estimate of drug-likeness (QED) is 0.902. The molecule has 94 valence electrons. The van der Waals surface area contributed by atoms with Gasteiger partial charge in [-0.1, -0.05) is 12.1 Å². The van der Waals surface area contributed by atoms with Crippen molar-refractivity contribution in [3.05, 3.63) is 59.7 Å². The molecular weight excluding hydrogens is 233 g/mol. The van der Waals surface area contributed by atoms with Crippen LogP contribution < -0.4 is 4.74 Å². The second-order valence-electron chi connectivity index (χ2n) is 3.97. The summed E-state index contributed by atoms with van der Waals surface area (Å²) in [5.74, 6) is 0.332. The summed E-state index contributed by atoms with van der Waals surface area (Å²) in [5.41, 5.74) is 1.40. The van der Waals surface area contributed by atoms with Gasteiger partial charge in [-0.3, -0.25) is 4.98 Å². The van der Waals surface area contributed by atoms with Gasteiger partial charge in [-0.25, -0.2) is 4.39 Å². The molecule has 1 unspecified atom stereocenters. The highest BCUT2D eigenvalue weighted by atomic mass is 19.1. The van der Waals surface area contributed by atoms with E-state index >= 15 is 0 Å². The van der Waals surface area contributed by atoms with Crippen molar-refractivity contribution in [1.29, 1.82) is 0 Å². The predicted octanol–water partition coefficient (Wildman–Crippen LogP) is 2.51. The van der Waals surface area contributed by atoms with Crippen LogP contribution in [0.15, 0.2) is 42.6 Å². The second kappa shape index (κ2) is 5.60. The molecule has 0 aliphatic heterocycles. The number of aliphatic hydroxyl groups excluding tert-OH is 1. The lowest BCUT2D eigenvalue weighted by Crippen LogP contribution is -2.04. The average molecular weight is 247 g/mol. The van der Waals surface area contributed by atoms with Crippen molar-refractivity contribution in [2.45, 2.75) is 12.5 Å². The van der Waals surface area contributed by atoms with Gasteiger partial charge < -0.3 is 9.84 Å². The van der Waals surface area contributed by atoms with Gasteiger partial charge in [0.1, 0.15) is 11.6 Å². The maximum atomic E-state index is 12.7. The SMILES string of the molecule is COc1cccc(CC(O)c2ccc(F)cn2)c1. The second-order valence-corrected chi connectivity index (χ2v) is 3.97. The Labute approximate surface area is 105 Å². The number of aromatic nitrogens is 1.